The predicted molar refractivity (Wildman–Crippen MR) is 81.0 cm³/mol. The highest BCUT2D eigenvalue weighted by Gasteiger charge is 2.32. The molecular weight excluding hydrogens is 272 g/mol. The molecule has 2 rings (SSSR count). The largest absolute Gasteiger partial charge is 0.310 e. The van der Waals surface area contributed by atoms with Gasteiger partial charge in [-0.05, 0) is 37.5 Å². The lowest BCUT2D eigenvalue weighted by Crippen LogP contribution is -2.33. The summed E-state index contributed by atoms with van der Waals surface area (Å²) < 4.78 is 26.9. The molecule has 5 heteroatoms. The van der Waals surface area contributed by atoms with E-state index in [4.69, 9.17) is 0 Å². The number of sulfonamides is 1. The number of rotatable bonds is 5. The summed E-state index contributed by atoms with van der Waals surface area (Å²) in [5, 5.41) is 3.31. The number of hydrogen-bond donors (Lipinski definition) is 1. The fraction of sp³-hybridized carbons (Fsp3) is 0.600. The molecule has 0 spiro atoms. The van der Waals surface area contributed by atoms with Gasteiger partial charge in [-0.2, -0.15) is 4.31 Å². The van der Waals surface area contributed by atoms with Gasteiger partial charge in [-0.15, -0.1) is 0 Å². The van der Waals surface area contributed by atoms with E-state index in [1.807, 2.05) is 19.1 Å². The normalized spacial score (nSPS) is 20.7. The lowest BCUT2D eigenvalue weighted by atomic mass is 10.2. The minimum atomic E-state index is -3.34. The Balaban J connectivity index is 2.21. The van der Waals surface area contributed by atoms with Gasteiger partial charge in [-0.1, -0.05) is 26.0 Å². The van der Waals surface area contributed by atoms with Gasteiger partial charge in [-0.25, -0.2) is 8.42 Å². The summed E-state index contributed by atoms with van der Waals surface area (Å²) in [7, 11) is -3.34. The zero-order chi connectivity index (χ0) is 14.8. The Morgan fingerprint density at radius 3 is 2.75 bits per heavy atom. The van der Waals surface area contributed by atoms with Crippen molar-refractivity contribution >= 4 is 10.0 Å². The zero-order valence-corrected chi connectivity index (χ0v) is 13.3. The van der Waals surface area contributed by atoms with Gasteiger partial charge in [-0.3, -0.25) is 0 Å². The smallest absolute Gasteiger partial charge is 0.243 e. The summed E-state index contributed by atoms with van der Waals surface area (Å²) in [5.74, 6) is 0. The number of benzene rings is 1. The van der Waals surface area contributed by atoms with Crippen molar-refractivity contribution in [2.75, 3.05) is 6.54 Å². The fourth-order valence-electron chi connectivity index (χ4n) is 2.54. The van der Waals surface area contributed by atoms with Crippen LogP contribution in [0.3, 0.4) is 0 Å². The molecule has 0 radical (unpaired) electrons. The molecule has 1 saturated heterocycles. The molecule has 1 atom stereocenters. The third-order valence-corrected chi connectivity index (χ3v) is 5.72. The SMILES string of the molecule is CC(C)NCc1cccc(S(=O)(=O)N2CCCC2C)c1. The van der Waals surface area contributed by atoms with Crippen molar-refractivity contribution in [2.24, 2.45) is 0 Å². The first-order valence-electron chi connectivity index (χ1n) is 7.25. The van der Waals surface area contributed by atoms with Crippen molar-refractivity contribution in [3.63, 3.8) is 0 Å². The van der Waals surface area contributed by atoms with E-state index in [-0.39, 0.29) is 6.04 Å². The lowest BCUT2D eigenvalue weighted by molar-refractivity contribution is 0.408. The van der Waals surface area contributed by atoms with Crippen LogP contribution in [0.25, 0.3) is 0 Å². The molecule has 1 aromatic carbocycles. The molecule has 0 amide bonds. The fourth-order valence-corrected chi connectivity index (χ4v) is 4.31. The van der Waals surface area contributed by atoms with Crippen molar-refractivity contribution in [2.45, 2.75) is 57.1 Å². The predicted octanol–water partition coefficient (Wildman–Crippen LogP) is 2.36. The van der Waals surface area contributed by atoms with Crippen LogP contribution in [0, 0.1) is 0 Å². The van der Waals surface area contributed by atoms with Crippen LogP contribution < -0.4 is 5.32 Å². The highest BCUT2D eigenvalue weighted by atomic mass is 32.2. The standard InChI is InChI=1S/C15H24N2O2S/c1-12(2)16-11-14-7-4-8-15(10-14)20(18,19)17-9-5-6-13(17)3/h4,7-8,10,12-13,16H,5-6,9,11H2,1-3H3. The quantitative estimate of drug-likeness (QED) is 0.907. The number of nitrogens with zero attached hydrogens (tertiary/aromatic N) is 1. The van der Waals surface area contributed by atoms with E-state index in [0.717, 1.165) is 18.4 Å². The second-order valence-corrected chi connectivity index (χ2v) is 7.68. The molecule has 0 bridgehead atoms. The van der Waals surface area contributed by atoms with Gasteiger partial charge in [0.05, 0.1) is 4.90 Å². The molecule has 112 valence electrons. The Morgan fingerprint density at radius 2 is 2.15 bits per heavy atom. The van der Waals surface area contributed by atoms with Crippen LogP contribution in [0.5, 0.6) is 0 Å². The van der Waals surface area contributed by atoms with E-state index in [0.29, 0.717) is 24.0 Å². The van der Waals surface area contributed by atoms with Crippen molar-refractivity contribution < 1.29 is 8.42 Å². The van der Waals surface area contributed by atoms with E-state index in [2.05, 4.69) is 19.2 Å². The van der Waals surface area contributed by atoms with E-state index in [1.165, 1.54) is 0 Å². The minimum Gasteiger partial charge on any atom is -0.310 e. The Hall–Kier alpha value is -0.910. The maximum atomic E-state index is 12.6. The van der Waals surface area contributed by atoms with E-state index in [1.54, 1.807) is 16.4 Å². The first-order chi connectivity index (χ1) is 9.41. The third-order valence-electron chi connectivity index (χ3n) is 3.71. The Labute approximate surface area is 122 Å². The van der Waals surface area contributed by atoms with Gasteiger partial charge < -0.3 is 5.32 Å². The second kappa shape index (κ2) is 6.24. The van der Waals surface area contributed by atoms with Gasteiger partial charge in [0.2, 0.25) is 10.0 Å². The molecule has 1 fully saturated rings. The topological polar surface area (TPSA) is 49.4 Å². The summed E-state index contributed by atoms with van der Waals surface area (Å²) in [4.78, 5) is 0.411. The Morgan fingerprint density at radius 1 is 1.40 bits per heavy atom. The van der Waals surface area contributed by atoms with Crippen LogP contribution in [0.2, 0.25) is 0 Å². The third kappa shape index (κ3) is 3.40. The first kappa shape index (κ1) is 15.5. The Kier molecular flexibility index (Phi) is 4.83. The molecule has 1 unspecified atom stereocenters. The van der Waals surface area contributed by atoms with Crippen LogP contribution in [-0.4, -0.2) is 31.4 Å². The van der Waals surface area contributed by atoms with Gasteiger partial charge in [0.25, 0.3) is 0 Å². The van der Waals surface area contributed by atoms with Crippen molar-refractivity contribution in [1.82, 2.24) is 9.62 Å². The minimum absolute atomic E-state index is 0.109. The summed E-state index contributed by atoms with van der Waals surface area (Å²) in [6.45, 7) is 7.46. The van der Waals surface area contributed by atoms with Crippen molar-refractivity contribution in [3.8, 4) is 0 Å². The molecule has 4 nitrogen and oxygen atoms in total. The van der Waals surface area contributed by atoms with Crippen LogP contribution in [-0.2, 0) is 16.6 Å². The first-order valence-corrected chi connectivity index (χ1v) is 8.69. The van der Waals surface area contributed by atoms with Crippen LogP contribution in [0.15, 0.2) is 29.2 Å². The number of hydrogen-bond acceptors (Lipinski definition) is 3. The molecule has 0 aromatic heterocycles. The second-order valence-electron chi connectivity index (χ2n) is 5.79. The molecule has 1 N–H and O–H groups in total. The van der Waals surface area contributed by atoms with Gasteiger partial charge in [0, 0.05) is 25.2 Å². The van der Waals surface area contributed by atoms with E-state index >= 15 is 0 Å². The number of nitrogens with one attached hydrogen (secondary N) is 1. The highest BCUT2D eigenvalue weighted by Crippen LogP contribution is 2.26. The molecule has 1 heterocycles. The molecular formula is C15H24N2O2S. The van der Waals surface area contributed by atoms with Crippen molar-refractivity contribution in [3.05, 3.63) is 29.8 Å². The maximum Gasteiger partial charge on any atom is 0.243 e. The molecule has 0 aliphatic carbocycles. The van der Waals surface area contributed by atoms with Crippen LogP contribution >= 0.6 is 0 Å². The van der Waals surface area contributed by atoms with Crippen LogP contribution in [0.1, 0.15) is 39.2 Å². The molecule has 1 aromatic rings. The lowest BCUT2D eigenvalue weighted by Gasteiger charge is -2.21. The van der Waals surface area contributed by atoms with Crippen LogP contribution in [0.4, 0.5) is 0 Å². The average Bonchev–Trinajstić information content (AvgIpc) is 2.84. The molecule has 20 heavy (non-hydrogen) atoms. The van der Waals surface area contributed by atoms with Gasteiger partial charge in [0.15, 0.2) is 0 Å². The highest BCUT2D eigenvalue weighted by molar-refractivity contribution is 7.89. The summed E-state index contributed by atoms with van der Waals surface area (Å²) in [6, 6.07) is 7.76. The van der Waals surface area contributed by atoms with Crippen molar-refractivity contribution in [1.29, 1.82) is 0 Å². The van der Waals surface area contributed by atoms with E-state index in [9.17, 15) is 8.42 Å². The molecule has 1 aliphatic heterocycles. The van der Waals surface area contributed by atoms with E-state index < -0.39 is 10.0 Å². The summed E-state index contributed by atoms with van der Waals surface area (Å²) in [5.41, 5.74) is 1.01. The Bertz CT molecular complexity index is 555. The molecule has 1 aliphatic rings. The summed E-state index contributed by atoms with van der Waals surface area (Å²) >= 11 is 0. The van der Waals surface area contributed by atoms with Gasteiger partial charge >= 0.3 is 0 Å². The van der Waals surface area contributed by atoms with Gasteiger partial charge in [0.1, 0.15) is 0 Å². The monoisotopic (exact) mass is 296 g/mol. The summed E-state index contributed by atoms with van der Waals surface area (Å²) in [6.07, 6.45) is 1.91. The maximum absolute atomic E-state index is 12.6. The zero-order valence-electron chi connectivity index (χ0n) is 12.5. The average molecular weight is 296 g/mol. The molecule has 0 saturated carbocycles.